The maximum absolute atomic E-state index is 6.17. The number of hydrogen-bond donors (Lipinski definition) is 1. The second-order valence-electron chi connectivity index (χ2n) is 4.77. The van der Waals surface area contributed by atoms with Gasteiger partial charge in [-0.05, 0) is 59.3 Å². The van der Waals surface area contributed by atoms with Crippen molar-refractivity contribution in [3.05, 3.63) is 21.7 Å². The molecule has 2 N–H and O–H groups in total. The molecule has 1 fully saturated rings. The van der Waals surface area contributed by atoms with Gasteiger partial charge in [0, 0.05) is 5.54 Å². The number of halogens is 1. The van der Waals surface area contributed by atoms with E-state index < -0.39 is 0 Å². The van der Waals surface area contributed by atoms with Gasteiger partial charge in [-0.25, -0.2) is 0 Å². The third kappa shape index (κ3) is 2.43. The molecule has 1 aromatic carbocycles. The number of aryl methyl sites for hydroxylation is 1. The highest BCUT2D eigenvalue weighted by Crippen LogP contribution is 2.44. The SMILES string of the molecule is COc1c(C)cc(CC2(N)CC2)c(OC)c1Br. The zero-order chi connectivity index (χ0) is 12.6. The zero-order valence-corrected chi connectivity index (χ0v) is 12.1. The first-order valence-corrected chi connectivity index (χ1v) is 6.49. The molecule has 0 aromatic heterocycles. The Bertz CT molecular complexity index is 442. The molecule has 0 amide bonds. The smallest absolute Gasteiger partial charge is 0.140 e. The van der Waals surface area contributed by atoms with E-state index in [1.807, 2.05) is 6.92 Å². The topological polar surface area (TPSA) is 44.5 Å². The van der Waals surface area contributed by atoms with Gasteiger partial charge in [-0.2, -0.15) is 0 Å². The monoisotopic (exact) mass is 299 g/mol. The lowest BCUT2D eigenvalue weighted by atomic mass is 10.0. The van der Waals surface area contributed by atoms with Crippen LogP contribution in [0.1, 0.15) is 24.0 Å². The Morgan fingerprint density at radius 2 is 1.88 bits per heavy atom. The average molecular weight is 300 g/mol. The molecule has 0 saturated heterocycles. The molecule has 0 heterocycles. The fourth-order valence-electron chi connectivity index (χ4n) is 2.13. The molecule has 1 aromatic rings. The number of benzene rings is 1. The Hall–Kier alpha value is -0.740. The molecule has 1 saturated carbocycles. The van der Waals surface area contributed by atoms with Gasteiger partial charge in [0.15, 0.2) is 0 Å². The van der Waals surface area contributed by atoms with Crippen LogP contribution in [0.25, 0.3) is 0 Å². The summed E-state index contributed by atoms with van der Waals surface area (Å²) in [4.78, 5) is 0. The summed E-state index contributed by atoms with van der Waals surface area (Å²) in [6.07, 6.45) is 3.05. The molecule has 0 atom stereocenters. The largest absolute Gasteiger partial charge is 0.495 e. The number of hydrogen-bond acceptors (Lipinski definition) is 3. The van der Waals surface area contributed by atoms with Crippen molar-refractivity contribution in [2.75, 3.05) is 14.2 Å². The molecule has 0 radical (unpaired) electrons. The highest BCUT2D eigenvalue weighted by molar-refractivity contribution is 9.10. The van der Waals surface area contributed by atoms with Crippen LogP contribution in [-0.4, -0.2) is 19.8 Å². The van der Waals surface area contributed by atoms with Crippen LogP contribution >= 0.6 is 15.9 Å². The van der Waals surface area contributed by atoms with Crippen LogP contribution in [0.15, 0.2) is 10.5 Å². The average Bonchev–Trinajstić information content (AvgIpc) is 2.96. The Morgan fingerprint density at radius 3 is 2.35 bits per heavy atom. The van der Waals surface area contributed by atoms with E-state index in [0.717, 1.165) is 46.4 Å². The Labute approximate surface area is 110 Å². The summed E-state index contributed by atoms with van der Waals surface area (Å²) in [5, 5.41) is 0. The van der Waals surface area contributed by atoms with Gasteiger partial charge >= 0.3 is 0 Å². The summed E-state index contributed by atoms with van der Waals surface area (Å²) in [7, 11) is 3.34. The minimum Gasteiger partial charge on any atom is -0.495 e. The van der Waals surface area contributed by atoms with Crippen molar-refractivity contribution < 1.29 is 9.47 Å². The Kier molecular flexibility index (Phi) is 3.36. The quantitative estimate of drug-likeness (QED) is 0.930. The maximum Gasteiger partial charge on any atom is 0.140 e. The first-order valence-electron chi connectivity index (χ1n) is 5.69. The maximum atomic E-state index is 6.17. The molecule has 94 valence electrons. The molecule has 3 nitrogen and oxygen atoms in total. The van der Waals surface area contributed by atoms with Crippen LogP contribution in [0.3, 0.4) is 0 Å². The molecular formula is C13H18BrNO2. The van der Waals surface area contributed by atoms with E-state index in [2.05, 4.69) is 22.0 Å². The fraction of sp³-hybridized carbons (Fsp3) is 0.538. The van der Waals surface area contributed by atoms with Crippen molar-refractivity contribution in [1.29, 1.82) is 0 Å². The first-order chi connectivity index (χ1) is 8.00. The molecule has 0 bridgehead atoms. The van der Waals surface area contributed by atoms with E-state index in [0.29, 0.717) is 0 Å². The number of methoxy groups -OCH3 is 2. The van der Waals surface area contributed by atoms with Crippen molar-refractivity contribution in [2.24, 2.45) is 5.73 Å². The van der Waals surface area contributed by atoms with Crippen molar-refractivity contribution in [3.8, 4) is 11.5 Å². The number of nitrogens with two attached hydrogens (primary N) is 1. The van der Waals surface area contributed by atoms with Crippen molar-refractivity contribution >= 4 is 15.9 Å². The molecule has 0 spiro atoms. The van der Waals surface area contributed by atoms with E-state index in [1.165, 1.54) is 0 Å². The summed E-state index contributed by atoms with van der Waals surface area (Å²) in [5.41, 5.74) is 8.40. The van der Waals surface area contributed by atoms with E-state index >= 15 is 0 Å². The highest BCUT2D eigenvalue weighted by Gasteiger charge is 2.39. The summed E-state index contributed by atoms with van der Waals surface area (Å²) in [5.74, 6) is 1.66. The van der Waals surface area contributed by atoms with Crippen molar-refractivity contribution in [2.45, 2.75) is 31.7 Å². The number of rotatable bonds is 4. The fourth-order valence-corrected chi connectivity index (χ4v) is 3.02. The lowest BCUT2D eigenvalue weighted by molar-refractivity contribution is 0.383. The molecule has 1 aliphatic rings. The van der Waals surface area contributed by atoms with Gasteiger partial charge in [-0.3, -0.25) is 0 Å². The van der Waals surface area contributed by atoms with Gasteiger partial charge in [0.05, 0.1) is 14.2 Å². The summed E-state index contributed by atoms with van der Waals surface area (Å²) in [6.45, 7) is 2.03. The van der Waals surface area contributed by atoms with Crippen LogP contribution < -0.4 is 15.2 Å². The highest BCUT2D eigenvalue weighted by atomic mass is 79.9. The van der Waals surface area contributed by atoms with Crippen LogP contribution in [0.4, 0.5) is 0 Å². The molecule has 1 aliphatic carbocycles. The summed E-state index contributed by atoms with van der Waals surface area (Å²) >= 11 is 3.54. The van der Waals surface area contributed by atoms with Gasteiger partial charge in [-0.15, -0.1) is 0 Å². The third-order valence-corrected chi connectivity index (χ3v) is 4.00. The first kappa shape index (κ1) is 12.7. The standard InChI is InChI=1S/C13H18BrNO2/c1-8-6-9(7-13(15)4-5-13)12(17-3)10(14)11(8)16-2/h6H,4-5,7,15H2,1-3H3. The molecule has 4 heteroatoms. The second kappa shape index (κ2) is 4.50. The van der Waals surface area contributed by atoms with Gasteiger partial charge in [-0.1, -0.05) is 0 Å². The summed E-state index contributed by atoms with van der Waals surface area (Å²) < 4.78 is 11.7. The Morgan fingerprint density at radius 1 is 1.29 bits per heavy atom. The predicted octanol–water partition coefficient (Wildman–Crippen LogP) is 2.81. The second-order valence-corrected chi connectivity index (χ2v) is 5.57. The zero-order valence-electron chi connectivity index (χ0n) is 10.5. The van der Waals surface area contributed by atoms with E-state index in [1.54, 1.807) is 14.2 Å². The lowest BCUT2D eigenvalue weighted by Gasteiger charge is -2.18. The molecule has 17 heavy (non-hydrogen) atoms. The lowest BCUT2D eigenvalue weighted by Crippen LogP contribution is -2.24. The van der Waals surface area contributed by atoms with Gasteiger partial charge in [0.25, 0.3) is 0 Å². The van der Waals surface area contributed by atoms with Crippen LogP contribution in [0, 0.1) is 6.92 Å². The minimum absolute atomic E-state index is 0.0201. The van der Waals surface area contributed by atoms with Gasteiger partial charge in [0.2, 0.25) is 0 Å². The van der Waals surface area contributed by atoms with Crippen LogP contribution in [-0.2, 0) is 6.42 Å². The molecule has 0 unspecified atom stereocenters. The van der Waals surface area contributed by atoms with Gasteiger partial charge < -0.3 is 15.2 Å². The normalized spacial score (nSPS) is 16.8. The van der Waals surface area contributed by atoms with Gasteiger partial charge in [0.1, 0.15) is 16.0 Å². The predicted molar refractivity (Wildman–Crippen MR) is 71.8 cm³/mol. The van der Waals surface area contributed by atoms with E-state index in [-0.39, 0.29) is 5.54 Å². The van der Waals surface area contributed by atoms with Crippen LogP contribution in [0.5, 0.6) is 11.5 Å². The molecule has 0 aliphatic heterocycles. The Balaban J connectivity index is 2.44. The number of ether oxygens (including phenoxy) is 2. The molecular weight excluding hydrogens is 282 g/mol. The minimum atomic E-state index is -0.0201. The van der Waals surface area contributed by atoms with E-state index in [4.69, 9.17) is 15.2 Å². The van der Waals surface area contributed by atoms with Crippen LogP contribution in [0.2, 0.25) is 0 Å². The third-order valence-electron chi connectivity index (χ3n) is 3.28. The van der Waals surface area contributed by atoms with Crippen molar-refractivity contribution in [1.82, 2.24) is 0 Å². The summed E-state index contributed by atoms with van der Waals surface area (Å²) in [6, 6.07) is 2.11. The molecule has 2 rings (SSSR count). The van der Waals surface area contributed by atoms with Crippen molar-refractivity contribution in [3.63, 3.8) is 0 Å². The van der Waals surface area contributed by atoms with E-state index in [9.17, 15) is 0 Å².